The van der Waals surface area contributed by atoms with Crippen LogP contribution >= 0.6 is 0 Å². The monoisotopic (exact) mass is 266 g/mol. The van der Waals surface area contributed by atoms with Crippen molar-refractivity contribution in [1.82, 2.24) is 9.97 Å². The summed E-state index contributed by atoms with van der Waals surface area (Å²) in [6.07, 6.45) is 1.42. The highest BCUT2D eigenvalue weighted by molar-refractivity contribution is 5.83. The van der Waals surface area contributed by atoms with E-state index < -0.39 is 0 Å². The molecular weight excluding hydrogens is 252 g/mol. The largest absolute Gasteiger partial charge is 0.439 e. The normalized spacial score (nSPS) is 10.5. The lowest BCUT2D eigenvalue weighted by Gasteiger charge is -2.10. The highest BCUT2D eigenvalue weighted by atomic mass is 16.5. The molecule has 0 unspecified atom stereocenters. The second-order valence-corrected chi connectivity index (χ2v) is 4.41. The van der Waals surface area contributed by atoms with Gasteiger partial charge in [0.05, 0.1) is 5.56 Å². The number of nitrogens with one attached hydrogen (secondary N) is 1. The van der Waals surface area contributed by atoms with Gasteiger partial charge in [0.2, 0.25) is 5.88 Å². The van der Waals surface area contributed by atoms with Crippen LogP contribution in [-0.4, -0.2) is 9.97 Å². The molecule has 100 valence electrons. The first kappa shape index (κ1) is 12.4. The van der Waals surface area contributed by atoms with Crippen LogP contribution in [-0.2, 0) is 0 Å². The molecule has 0 amide bonds. The van der Waals surface area contributed by atoms with Crippen LogP contribution in [0.25, 0.3) is 10.8 Å². The van der Waals surface area contributed by atoms with Gasteiger partial charge in [0, 0.05) is 0 Å². The zero-order valence-electron chi connectivity index (χ0n) is 11.0. The molecule has 0 radical (unpaired) electrons. The Hall–Kier alpha value is -2.66. The first-order valence-electron chi connectivity index (χ1n) is 6.23. The first-order valence-corrected chi connectivity index (χ1v) is 6.23. The van der Waals surface area contributed by atoms with Crippen molar-refractivity contribution in [1.29, 1.82) is 0 Å². The number of anilines is 1. The number of hydrogen-bond acceptors (Lipinski definition) is 5. The molecule has 5 nitrogen and oxygen atoms in total. The Labute approximate surface area is 116 Å². The van der Waals surface area contributed by atoms with Crippen LogP contribution < -0.4 is 16.0 Å². The lowest BCUT2D eigenvalue weighted by atomic mass is 10.1. The Morgan fingerprint density at radius 2 is 1.85 bits per heavy atom. The van der Waals surface area contributed by atoms with Crippen molar-refractivity contribution in [2.75, 3.05) is 5.43 Å². The molecular formula is C15H14N4O. The summed E-state index contributed by atoms with van der Waals surface area (Å²) in [4.78, 5) is 8.16. The number of nitrogen functional groups attached to an aromatic ring is 1. The van der Waals surface area contributed by atoms with Gasteiger partial charge >= 0.3 is 0 Å². The minimum Gasteiger partial charge on any atom is -0.439 e. The molecule has 1 heterocycles. The summed E-state index contributed by atoms with van der Waals surface area (Å²) in [6, 6.07) is 14.0. The Morgan fingerprint density at radius 3 is 2.65 bits per heavy atom. The third kappa shape index (κ3) is 2.26. The van der Waals surface area contributed by atoms with Gasteiger partial charge in [-0.15, -0.1) is 0 Å². The summed E-state index contributed by atoms with van der Waals surface area (Å²) in [5.74, 6) is 7.16. The maximum atomic E-state index is 5.81. The topological polar surface area (TPSA) is 73.1 Å². The maximum absolute atomic E-state index is 5.81. The molecule has 0 aliphatic heterocycles. The Bertz CT molecular complexity index is 758. The van der Waals surface area contributed by atoms with Gasteiger partial charge in [0.15, 0.2) is 0 Å². The minimum atomic E-state index is 0.489. The third-order valence-corrected chi connectivity index (χ3v) is 3.11. The molecule has 0 spiro atoms. The van der Waals surface area contributed by atoms with E-state index in [1.807, 2.05) is 43.3 Å². The SMILES string of the molecule is Cc1c(NN)ncnc1Oc1ccc2ccccc2c1. The molecule has 0 saturated carbocycles. The molecule has 3 aromatic rings. The molecule has 0 fully saturated rings. The van der Waals surface area contributed by atoms with Gasteiger partial charge in [0.1, 0.15) is 17.9 Å². The fraction of sp³-hybridized carbons (Fsp3) is 0.0667. The van der Waals surface area contributed by atoms with Crippen molar-refractivity contribution in [2.45, 2.75) is 6.92 Å². The van der Waals surface area contributed by atoms with Gasteiger partial charge < -0.3 is 10.2 Å². The number of nitrogens with two attached hydrogens (primary N) is 1. The third-order valence-electron chi connectivity index (χ3n) is 3.11. The standard InChI is InChI=1S/C15H14N4O/c1-10-14(19-16)17-9-18-15(10)20-13-7-6-11-4-2-3-5-12(11)8-13/h2-9H,16H2,1H3,(H,17,18,19). The van der Waals surface area contributed by atoms with E-state index >= 15 is 0 Å². The fourth-order valence-electron chi connectivity index (χ4n) is 2.02. The second kappa shape index (κ2) is 5.14. The lowest BCUT2D eigenvalue weighted by Crippen LogP contribution is -2.10. The van der Waals surface area contributed by atoms with Crippen LogP contribution in [0.5, 0.6) is 11.6 Å². The maximum Gasteiger partial charge on any atom is 0.227 e. The number of rotatable bonds is 3. The highest BCUT2D eigenvalue weighted by Crippen LogP contribution is 2.28. The number of nitrogens with zero attached hydrogens (tertiary/aromatic N) is 2. The molecule has 0 aliphatic carbocycles. The zero-order chi connectivity index (χ0) is 13.9. The molecule has 0 aliphatic rings. The summed E-state index contributed by atoms with van der Waals surface area (Å²) in [5, 5.41) is 2.29. The van der Waals surface area contributed by atoms with Crippen molar-refractivity contribution in [3.8, 4) is 11.6 Å². The number of fused-ring (bicyclic) bond motifs is 1. The number of hydrazine groups is 1. The van der Waals surface area contributed by atoms with E-state index in [1.54, 1.807) is 0 Å². The van der Waals surface area contributed by atoms with E-state index in [9.17, 15) is 0 Å². The van der Waals surface area contributed by atoms with Crippen LogP contribution in [0.3, 0.4) is 0 Å². The molecule has 5 heteroatoms. The summed E-state index contributed by atoms with van der Waals surface area (Å²) in [5.41, 5.74) is 3.29. The molecule has 20 heavy (non-hydrogen) atoms. The summed E-state index contributed by atoms with van der Waals surface area (Å²) < 4.78 is 5.81. The van der Waals surface area contributed by atoms with Gasteiger partial charge in [-0.3, -0.25) is 0 Å². The smallest absolute Gasteiger partial charge is 0.227 e. The van der Waals surface area contributed by atoms with Crippen LogP contribution in [0.1, 0.15) is 5.56 Å². The predicted molar refractivity (Wildman–Crippen MR) is 78.6 cm³/mol. The summed E-state index contributed by atoms with van der Waals surface area (Å²) >= 11 is 0. The van der Waals surface area contributed by atoms with Crippen molar-refractivity contribution >= 4 is 16.6 Å². The Kier molecular flexibility index (Phi) is 3.18. The van der Waals surface area contributed by atoms with E-state index in [4.69, 9.17) is 10.6 Å². The van der Waals surface area contributed by atoms with Gasteiger partial charge in [-0.05, 0) is 29.8 Å². The Balaban J connectivity index is 1.97. The number of aromatic nitrogens is 2. The minimum absolute atomic E-state index is 0.489. The molecule has 2 aromatic carbocycles. The van der Waals surface area contributed by atoms with Gasteiger partial charge in [-0.1, -0.05) is 30.3 Å². The van der Waals surface area contributed by atoms with E-state index in [-0.39, 0.29) is 0 Å². The molecule has 3 rings (SSSR count). The molecule has 3 N–H and O–H groups in total. The predicted octanol–water partition coefficient (Wildman–Crippen LogP) is 3.02. The van der Waals surface area contributed by atoms with Gasteiger partial charge in [0.25, 0.3) is 0 Å². The molecule has 1 aromatic heterocycles. The fourth-order valence-corrected chi connectivity index (χ4v) is 2.02. The quantitative estimate of drug-likeness (QED) is 0.563. The average molecular weight is 266 g/mol. The van der Waals surface area contributed by atoms with Gasteiger partial charge in [-0.25, -0.2) is 15.8 Å². The average Bonchev–Trinajstić information content (AvgIpc) is 2.49. The summed E-state index contributed by atoms with van der Waals surface area (Å²) in [6.45, 7) is 1.85. The zero-order valence-corrected chi connectivity index (χ0v) is 11.0. The van der Waals surface area contributed by atoms with Crippen LogP contribution in [0.4, 0.5) is 5.82 Å². The van der Waals surface area contributed by atoms with Crippen molar-refractivity contribution in [3.63, 3.8) is 0 Å². The Morgan fingerprint density at radius 1 is 1.05 bits per heavy atom. The molecule has 0 saturated heterocycles. The van der Waals surface area contributed by atoms with Crippen LogP contribution in [0, 0.1) is 6.92 Å². The summed E-state index contributed by atoms with van der Waals surface area (Å²) in [7, 11) is 0. The first-order chi connectivity index (χ1) is 9.78. The van der Waals surface area contributed by atoms with E-state index in [1.165, 1.54) is 11.7 Å². The van der Waals surface area contributed by atoms with E-state index in [0.29, 0.717) is 11.7 Å². The van der Waals surface area contributed by atoms with Crippen molar-refractivity contribution < 1.29 is 4.74 Å². The van der Waals surface area contributed by atoms with Gasteiger partial charge in [-0.2, -0.15) is 0 Å². The number of ether oxygens (including phenoxy) is 1. The molecule has 0 atom stereocenters. The number of benzene rings is 2. The second-order valence-electron chi connectivity index (χ2n) is 4.41. The van der Waals surface area contributed by atoms with Crippen LogP contribution in [0.15, 0.2) is 48.8 Å². The molecule has 0 bridgehead atoms. The number of hydrogen-bond donors (Lipinski definition) is 2. The van der Waals surface area contributed by atoms with E-state index in [0.717, 1.165) is 16.7 Å². The highest BCUT2D eigenvalue weighted by Gasteiger charge is 2.08. The van der Waals surface area contributed by atoms with Crippen LogP contribution in [0.2, 0.25) is 0 Å². The van der Waals surface area contributed by atoms with Crippen molar-refractivity contribution in [3.05, 3.63) is 54.4 Å². The van der Waals surface area contributed by atoms with Crippen molar-refractivity contribution in [2.24, 2.45) is 5.84 Å². The lowest BCUT2D eigenvalue weighted by molar-refractivity contribution is 0.458. The van der Waals surface area contributed by atoms with E-state index in [2.05, 4.69) is 21.5 Å².